The molecule has 0 saturated heterocycles. The molecule has 0 aliphatic carbocycles. The zero-order chi connectivity index (χ0) is 12.7. The molecular weight excluding hydrogens is 222 g/mol. The highest BCUT2D eigenvalue weighted by Crippen LogP contribution is 2.28. The molecular formula is C15H21N3. The van der Waals surface area contributed by atoms with Crippen molar-refractivity contribution in [2.75, 3.05) is 39.1 Å². The van der Waals surface area contributed by atoms with Crippen molar-refractivity contribution < 1.29 is 0 Å². The van der Waals surface area contributed by atoms with Crippen LogP contribution < -0.4 is 4.90 Å². The number of rotatable bonds is 1. The standard InChI is InChI=1S/C15H21N3/c1-17(2)11-4-5-12-13-6-8-18(3)9-7-14(13)16-15(12)10-11/h4-5,10,16H,6-9H2,1-3H3. The van der Waals surface area contributed by atoms with Crippen LogP contribution in [0.25, 0.3) is 10.9 Å². The molecule has 0 atom stereocenters. The van der Waals surface area contributed by atoms with Crippen LogP contribution >= 0.6 is 0 Å². The second kappa shape index (κ2) is 4.32. The molecule has 1 N–H and O–H groups in total. The van der Waals surface area contributed by atoms with Crippen molar-refractivity contribution in [3.8, 4) is 0 Å². The van der Waals surface area contributed by atoms with Gasteiger partial charge >= 0.3 is 0 Å². The molecule has 2 aromatic rings. The molecule has 0 unspecified atom stereocenters. The summed E-state index contributed by atoms with van der Waals surface area (Å²) in [6, 6.07) is 6.74. The zero-order valence-electron chi connectivity index (χ0n) is 11.5. The quantitative estimate of drug-likeness (QED) is 0.830. The van der Waals surface area contributed by atoms with Crippen molar-refractivity contribution in [1.82, 2.24) is 9.88 Å². The molecule has 0 amide bonds. The lowest BCUT2D eigenvalue weighted by Crippen LogP contribution is -2.21. The fourth-order valence-corrected chi connectivity index (χ4v) is 2.79. The van der Waals surface area contributed by atoms with Crippen LogP contribution in [-0.4, -0.2) is 44.1 Å². The molecule has 0 fully saturated rings. The van der Waals surface area contributed by atoms with Crippen LogP contribution in [0.15, 0.2) is 18.2 Å². The number of benzene rings is 1. The highest BCUT2D eigenvalue weighted by molar-refractivity contribution is 5.87. The third kappa shape index (κ3) is 1.89. The van der Waals surface area contributed by atoms with Gasteiger partial charge in [0.05, 0.1) is 0 Å². The summed E-state index contributed by atoms with van der Waals surface area (Å²) in [7, 11) is 6.38. The van der Waals surface area contributed by atoms with Crippen molar-refractivity contribution in [3.05, 3.63) is 29.5 Å². The molecule has 18 heavy (non-hydrogen) atoms. The van der Waals surface area contributed by atoms with Crippen LogP contribution in [0.2, 0.25) is 0 Å². The number of hydrogen-bond acceptors (Lipinski definition) is 2. The second-order valence-electron chi connectivity index (χ2n) is 5.51. The first-order valence-corrected chi connectivity index (χ1v) is 6.64. The molecule has 2 heterocycles. The van der Waals surface area contributed by atoms with E-state index >= 15 is 0 Å². The maximum Gasteiger partial charge on any atom is 0.0479 e. The molecule has 1 aliphatic rings. The van der Waals surface area contributed by atoms with Crippen LogP contribution in [-0.2, 0) is 12.8 Å². The normalized spacial score (nSPS) is 16.6. The number of H-pyrrole nitrogens is 1. The van der Waals surface area contributed by atoms with E-state index in [1.165, 1.54) is 27.8 Å². The van der Waals surface area contributed by atoms with E-state index in [0.717, 1.165) is 25.9 Å². The Morgan fingerprint density at radius 2 is 1.94 bits per heavy atom. The van der Waals surface area contributed by atoms with E-state index in [-0.39, 0.29) is 0 Å². The van der Waals surface area contributed by atoms with Gasteiger partial charge < -0.3 is 14.8 Å². The zero-order valence-corrected chi connectivity index (χ0v) is 11.5. The Morgan fingerprint density at radius 3 is 2.72 bits per heavy atom. The Bertz CT molecular complexity index is 568. The van der Waals surface area contributed by atoms with Crippen molar-refractivity contribution in [2.45, 2.75) is 12.8 Å². The Kier molecular flexibility index (Phi) is 2.78. The van der Waals surface area contributed by atoms with E-state index in [9.17, 15) is 0 Å². The molecule has 3 rings (SSSR count). The van der Waals surface area contributed by atoms with E-state index in [0.29, 0.717) is 0 Å². The minimum atomic E-state index is 1.14. The van der Waals surface area contributed by atoms with Gasteiger partial charge in [-0.15, -0.1) is 0 Å². The van der Waals surface area contributed by atoms with E-state index in [2.05, 4.69) is 54.1 Å². The number of nitrogens with zero attached hydrogens (tertiary/aromatic N) is 2. The largest absolute Gasteiger partial charge is 0.378 e. The maximum absolute atomic E-state index is 3.62. The first-order valence-electron chi connectivity index (χ1n) is 6.64. The number of anilines is 1. The predicted octanol–water partition coefficient (Wildman–Crippen LogP) is 2.26. The summed E-state index contributed by atoms with van der Waals surface area (Å²) in [6.45, 7) is 2.32. The number of hydrogen-bond donors (Lipinski definition) is 1. The number of aromatic nitrogens is 1. The monoisotopic (exact) mass is 243 g/mol. The van der Waals surface area contributed by atoms with Gasteiger partial charge in [-0.25, -0.2) is 0 Å². The third-order valence-electron chi connectivity index (χ3n) is 3.98. The molecule has 0 spiro atoms. The molecule has 3 nitrogen and oxygen atoms in total. The van der Waals surface area contributed by atoms with Crippen LogP contribution in [0, 0.1) is 0 Å². The highest BCUT2D eigenvalue weighted by Gasteiger charge is 2.16. The van der Waals surface area contributed by atoms with E-state index in [1.807, 2.05) is 0 Å². The summed E-state index contributed by atoms with van der Waals surface area (Å²) in [6.07, 6.45) is 2.30. The number of aromatic amines is 1. The van der Waals surface area contributed by atoms with Crippen molar-refractivity contribution in [2.24, 2.45) is 0 Å². The topological polar surface area (TPSA) is 22.3 Å². The first kappa shape index (κ1) is 11.6. The van der Waals surface area contributed by atoms with Gasteiger partial charge in [-0.1, -0.05) is 6.07 Å². The molecule has 1 aromatic carbocycles. The SMILES string of the molecule is CN1CCc2[nH]c3cc(N(C)C)ccc3c2CC1. The van der Waals surface area contributed by atoms with Crippen LogP contribution in [0.1, 0.15) is 11.3 Å². The second-order valence-corrected chi connectivity index (χ2v) is 5.51. The van der Waals surface area contributed by atoms with Gasteiger partial charge in [-0.3, -0.25) is 0 Å². The predicted molar refractivity (Wildman–Crippen MR) is 77.5 cm³/mol. The summed E-state index contributed by atoms with van der Waals surface area (Å²) in [4.78, 5) is 8.18. The van der Waals surface area contributed by atoms with Crippen molar-refractivity contribution in [1.29, 1.82) is 0 Å². The fraction of sp³-hybridized carbons (Fsp3) is 0.467. The summed E-state index contributed by atoms with van der Waals surface area (Å²) in [5, 5.41) is 1.41. The molecule has 96 valence electrons. The number of likely N-dealkylation sites (N-methyl/N-ethyl adjacent to an activating group) is 1. The van der Waals surface area contributed by atoms with Crippen molar-refractivity contribution >= 4 is 16.6 Å². The Balaban J connectivity index is 2.08. The third-order valence-corrected chi connectivity index (χ3v) is 3.98. The van der Waals surface area contributed by atoms with Gasteiger partial charge in [0.1, 0.15) is 0 Å². The maximum atomic E-state index is 3.62. The average Bonchev–Trinajstić information content (AvgIpc) is 2.60. The van der Waals surface area contributed by atoms with E-state index in [4.69, 9.17) is 0 Å². The highest BCUT2D eigenvalue weighted by atomic mass is 15.1. The van der Waals surface area contributed by atoms with Gasteiger partial charge in [0, 0.05) is 55.9 Å². The minimum absolute atomic E-state index is 1.14. The average molecular weight is 243 g/mol. The van der Waals surface area contributed by atoms with Gasteiger partial charge in [0.2, 0.25) is 0 Å². The molecule has 3 heteroatoms. The molecule has 0 saturated carbocycles. The summed E-state index contributed by atoms with van der Waals surface area (Å²) >= 11 is 0. The van der Waals surface area contributed by atoms with Gasteiger partial charge in [-0.2, -0.15) is 0 Å². The molecule has 1 aliphatic heterocycles. The smallest absolute Gasteiger partial charge is 0.0479 e. The lowest BCUT2D eigenvalue weighted by molar-refractivity contribution is 0.352. The van der Waals surface area contributed by atoms with E-state index < -0.39 is 0 Å². The van der Waals surface area contributed by atoms with Crippen molar-refractivity contribution in [3.63, 3.8) is 0 Å². The van der Waals surface area contributed by atoms with Gasteiger partial charge in [0.25, 0.3) is 0 Å². The first-order chi connectivity index (χ1) is 8.65. The number of fused-ring (bicyclic) bond motifs is 3. The molecule has 0 bridgehead atoms. The molecule has 1 aromatic heterocycles. The van der Waals surface area contributed by atoms with Crippen LogP contribution in [0.3, 0.4) is 0 Å². The Morgan fingerprint density at radius 1 is 1.17 bits per heavy atom. The summed E-state index contributed by atoms with van der Waals surface area (Å²) in [5.41, 5.74) is 5.51. The summed E-state index contributed by atoms with van der Waals surface area (Å²) < 4.78 is 0. The van der Waals surface area contributed by atoms with E-state index in [1.54, 1.807) is 0 Å². The lowest BCUT2D eigenvalue weighted by atomic mass is 10.1. The van der Waals surface area contributed by atoms with Crippen LogP contribution in [0.5, 0.6) is 0 Å². The molecule has 0 radical (unpaired) electrons. The Hall–Kier alpha value is -1.48. The summed E-state index contributed by atoms with van der Waals surface area (Å²) in [5.74, 6) is 0. The van der Waals surface area contributed by atoms with Crippen LogP contribution in [0.4, 0.5) is 5.69 Å². The lowest BCUT2D eigenvalue weighted by Gasteiger charge is -2.13. The minimum Gasteiger partial charge on any atom is -0.378 e. The fourth-order valence-electron chi connectivity index (χ4n) is 2.79. The Labute approximate surface area is 108 Å². The van der Waals surface area contributed by atoms with Gasteiger partial charge in [-0.05, 0) is 31.2 Å². The number of nitrogens with one attached hydrogen (secondary N) is 1. The van der Waals surface area contributed by atoms with Gasteiger partial charge in [0.15, 0.2) is 0 Å².